The van der Waals surface area contributed by atoms with Crippen LogP contribution in [0.3, 0.4) is 0 Å². The summed E-state index contributed by atoms with van der Waals surface area (Å²) in [5.74, 6) is -0.163. The van der Waals surface area contributed by atoms with Crippen molar-refractivity contribution in [2.45, 2.75) is 20.4 Å². The van der Waals surface area contributed by atoms with Crippen LogP contribution in [0.15, 0.2) is 24.8 Å². The Morgan fingerprint density at radius 3 is 3.00 bits per heavy atom. The van der Waals surface area contributed by atoms with Gasteiger partial charge in [-0.3, -0.25) is 4.79 Å². The molecule has 0 atom stereocenters. The first kappa shape index (κ1) is 12.7. The van der Waals surface area contributed by atoms with Crippen molar-refractivity contribution in [1.82, 2.24) is 19.7 Å². The monoisotopic (exact) mass is 287 g/mol. The molecule has 2 aromatic heterocycles. The fourth-order valence-electron chi connectivity index (χ4n) is 2.05. The minimum absolute atomic E-state index is 0.133. The molecule has 20 heavy (non-hydrogen) atoms. The molecule has 0 saturated carbocycles. The van der Waals surface area contributed by atoms with E-state index in [0.717, 1.165) is 10.2 Å². The van der Waals surface area contributed by atoms with E-state index in [0.29, 0.717) is 5.13 Å². The Hall–Kier alpha value is -2.28. The van der Waals surface area contributed by atoms with E-state index in [1.807, 2.05) is 13.0 Å². The lowest BCUT2D eigenvalue weighted by Crippen LogP contribution is -2.18. The molecule has 0 radical (unpaired) electrons. The lowest BCUT2D eigenvalue weighted by atomic mass is 10.1. The number of amides is 1. The van der Waals surface area contributed by atoms with Crippen LogP contribution in [0.4, 0.5) is 5.13 Å². The topological polar surface area (TPSA) is 72.7 Å². The van der Waals surface area contributed by atoms with Crippen molar-refractivity contribution in [2.24, 2.45) is 0 Å². The van der Waals surface area contributed by atoms with E-state index in [1.54, 1.807) is 0 Å². The van der Waals surface area contributed by atoms with Crippen molar-refractivity contribution in [1.29, 1.82) is 0 Å². The second kappa shape index (κ2) is 5.01. The van der Waals surface area contributed by atoms with Gasteiger partial charge in [-0.2, -0.15) is 5.10 Å². The Balaban J connectivity index is 1.81. The summed E-state index contributed by atoms with van der Waals surface area (Å²) in [5, 5.41) is 7.30. The number of aromatic nitrogens is 4. The molecule has 3 rings (SSSR count). The molecule has 0 aliphatic carbocycles. The third-order valence-corrected chi connectivity index (χ3v) is 3.96. The molecule has 1 amide bonds. The van der Waals surface area contributed by atoms with Gasteiger partial charge in [0.05, 0.1) is 10.2 Å². The highest BCUT2D eigenvalue weighted by Gasteiger charge is 2.10. The lowest BCUT2D eigenvalue weighted by Gasteiger charge is -2.00. The summed E-state index contributed by atoms with van der Waals surface area (Å²) in [6.45, 7) is 4.22. The molecule has 1 N–H and O–H groups in total. The van der Waals surface area contributed by atoms with Gasteiger partial charge >= 0.3 is 0 Å². The van der Waals surface area contributed by atoms with Crippen LogP contribution in [0.25, 0.3) is 10.2 Å². The molecule has 3 aromatic rings. The molecule has 6 nitrogen and oxygen atoms in total. The number of nitrogens with one attached hydrogen (secondary N) is 1. The second-order valence-corrected chi connectivity index (χ2v) is 5.59. The van der Waals surface area contributed by atoms with E-state index in [4.69, 9.17) is 0 Å². The zero-order chi connectivity index (χ0) is 14.1. The van der Waals surface area contributed by atoms with Gasteiger partial charge in [-0.05, 0) is 31.0 Å². The van der Waals surface area contributed by atoms with Crippen molar-refractivity contribution in [2.75, 3.05) is 5.32 Å². The largest absolute Gasteiger partial charge is 0.300 e. The van der Waals surface area contributed by atoms with Crippen LogP contribution >= 0.6 is 11.3 Å². The molecular weight excluding hydrogens is 274 g/mol. The maximum atomic E-state index is 11.9. The highest BCUT2D eigenvalue weighted by Crippen LogP contribution is 2.29. The molecule has 0 fully saturated rings. The predicted molar refractivity (Wildman–Crippen MR) is 77.7 cm³/mol. The van der Waals surface area contributed by atoms with Gasteiger partial charge < -0.3 is 5.32 Å². The average Bonchev–Trinajstić information content (AvgIpc) is 2.98. The number of benzene rings is 1. The molecule has 0 unspecified atom stereocenters. The third-order valence-electron chi connectivity index (χ3n) is 2.84. The summed E-state index contributed by atoms with van der Waals surface area (Å²) in [7, 11) is 0. The Morgan fingerprint density at radius 1 is 1.40 bits per heavy atom. The third kappa shape index (κ3) is 2.53. The minimum atomic E-state index is -0.163. The molecule has 0 spiro atoms. The summed E-state index contributed by atoms with van der Waals surface area (Å²) in [6.07, 6.45) is 2.91. The van der Waals surface area contributed by atoms with Gasteiger partial charge in [-0.15, -0.1) is 0 Å². The van der Waals surface area contributed by atoms with Gasteiger partial charge in [0.25, 0.3) is 0 Å². The van der Waals surface area contributed by atoms with Crippen molar-refractivity contribution in [3.05, 3.63) is 35.9 Å². The number of carbonyl (C=O) groups is 1. The number of carbonyl (C=O) groups excluding carboxylic acids is 1. The number of fused-ring (bicyclic) bond motifs is 1. The van der Waals surface area contributed by atoms with Gasteiger partial charge in [0.1, 0.15) is 19.2 Å². The van der Waals surface area contributed by atoms with Crippen LogP contribution in [-0.4, -0.2) is 25.7 Å². The summed E-state index contributed by atoms with van der Waals surface area (Å²) in [4.78, 5) is 20.1. The average molecular weight is 287 g/mol. The van der Waals surface area contributed by atoms with Gasteiger partial charge in [-0.1, -0.05) is 17.4 Å². The summed E-state index contributed by atoms with van der Waals surface area (Å²) in [6, 6.07) is 4.13. The quantitative estimate of drug-likeness (QED) is 0.801. The van der Waals surface area contributed by atoms with Crippen LogP contribution in [0.1, 0.15) is 11.1 Å². The number of anilines is 1. The smallest absolute Gasteiger partial charge is 0.247 e. The van der Waals surface area contributed by atoms with Gasteiger partial charge in [0, 0.05) is 0 Å². The van der Waals surface area contributed by atoms with Crippen LogP contribution in [0.5, 0.6) is 0 Å². The van der Waals surface area contributed by atoms with Gasteiger partial charge in [0.2, 0.25) is 5.91 Å². The Morgan fingerprint density at radius 2 is 2.25 bits per heavy atom. The van der Waals surface area contributed by atoms with E-state index < -0.39 is 0 Å². The van der Waals surface area contributed by atoms with E-state index in [2.05, 4.69) is 33.4 Å². The summed E-state index contributed by atoms with van der Waals surface area (Å²) >= 11 is 1.49. The second-order valence-electron chi connectivity index (χ2n) is 4.59. The number of hydrogen-bond acceptors (Lipinski definition) is 5. The summed E-state index contributed by atoms with van der Waals surface area (Å²) in [5.41, 5.74) is 3.26. The number of aryl methyl sites for hydroxylation is 2. The first-order valence-corrected chi connectivity index (χ1v) is 6.93. The fraction of sp³-hybridized carbons (Fsp3) is 0.231. The standard InChI is InChI=1S/C13H13N5OS/c1-8-3-9(2)12-10(4-8)16-13(20-12)17-11(19)5-18-7-14-6-15-18/h3-4,6-7H,5H2,1-2H3,(H,16,17,19). The van der Waals surface area contributed by atoms with E-state index in [9.17, 15) is 4.79 Å². The van der Waals surface area contributed by atoms with Crippen LogP contribution in [-0.2, 0) is 11.3 Å². The van der Waals surface area contributed by atoms with Crippen LogP contribution < -0.4 is 5.32 Å². The molecule has 0 aliphatic heterocycles. The highest BCUT2D eigenvalue weighted by atomic mass is 32.1. The fourth-order valence-corrected chi connectivity index (χ4v) is 2.98. The SMILES string of the molecule is Cc1cc(C)c2sc(NC(=O)Cn3cncn3)nc2c1. The van der Waals surface area contributed by atoms with Gasteiger partial charge in [-0.25, -0.2) is 14.6 Å². The molecule has 7 heteroatoms. The Kier molecular flexibility index (Phi) is 3.19. The maximum absolute atomic E-state index is 11.9. The number of hydrogen-bond donors (Lipinski definition) is 1. The number of rotatable bonds is 3. The predicted octanol–water partition coefficient (Wildman–Crippen LogP) is 2.14. The summed E-state index contributed by atoms with van der Waals surface area (Å²) < 4.78 is 2.57. The normalized spacial score (nSPS) is 10.9. The molecule has 102 valence electrons. The molecule has 1 aromatic carbocycles. The van der Waals surface area contributed by atoms with Crippen molar-refractivity contribution < 1.29 is 4.79 Å². The lowest BCUT2D eigenvalue weighted by molar-refractivity contribution is -0.116. The van der Waals surface area contributed by atoms with Crippen molar-refractivity contribution in [3.63, 3.8) is 0 Å². The Labute approximate surface area is 119 Å². The van der Waals surface area contributed by atoms with Crippen molar-refractivity contribution >= 4 is 32.6 Å². The highest BCUT2D eigenvalue weighted by molar-refractivity contribution is 7.22. The zero-order valence-corrected chi connectivity index (χ0v) is 11.9. The first-order chi connectivity index (χ1) is 9.61. The zero-order valence-electron chi connectivity index (χ0n) is 11.1. The first-order valence-electron chi connectivity index (χ1n) is 6.12. The molecule has 2 heterocycles. The number of nitrogens with zero attached hydrogens (tertiary/aromatic N) is 4. The molecule has 0 bridgehead atoms. The van der Waals surface area contributed by atoms with E-state index >= 15 is 0 Å². The molecule has 0 aliphatic rings. The van der Waals surface area contributed by atoms with Crippen LogP contribution in [0, 0.1) is 13.8 Å². The maximum Gasteiger partial charge on any atom is 0.247 e. The van der Waals surface area contributed by atoms with Gasteiger partial charge in [0.15, 0.2) is 5.13 Å². The minimum Gasteiger partial charge on any atom is -0.300 e. The van der Waals surface area contributed by atoms with E-state index in [-0.39, 0.29) is 12.5 Å². The molecule has 0 saturated heterocycles. The van der Waals surface area contributed by atoms with E-state index in [1.165, 1.54) is 39.8 Å². The number of thiazole rings is 1. The van der Waals surface area contributed by atoms with Crippen LogP contribution in [0.2, 0.25) is 0 Å². The Bertz CT molecular complexity index is 763. The van der Waals surface area contributed by atoms with Crippen molar-refractivity contribution in [3.8, 4) is 0 Å². The molecular formula is C13H13N5OS.